The quantitative estimate of drug-likeness (QED) is 0.774. The molecule has 2 aromatic heterocycles. The highest BCUT2D eigenvalue weighted by Crippen LogP contribution is 2.47. The molecule has 0 aliphatic heterocycles. The van der Waals surface area contributed by atoms with E-state index in [-0.39, 0.29) is 23.8 Å². The van der Waals surface area contributed by atoms with Gasteiger partial charge in [-0.15, -0.1) is 0 Å². The van der Waals surface area contributed by atoms with Gasteiger partial charge in [0.1, 0.15) is 5.67 Å². The van der Waals surface area contributed by atoms with Crippen molar-refractivity contribution in [3.05, 3.63) is 17.8 Å². The lowest BCUT2D eigenvalue weighted by atomic mass is 9.82. The Morgan fingerprint density at radius 1 is 1.17 bits per heavy atom. The molecule has 29 heavy (non-hydrogen) atoms. The molecule has 154 valence electrons. The van der Waals surface area contributed by atoms with Gasteiger partial charge in [0.25, 0.3) is 0 Å². The zero-order valence-electron chi connectivity index (χ0n) is 16.4. The van der Waals surface area contributed by atoms with Crippen molar-refractivity contribution >= 4 is 38.6 Å². The van der Waals surface area contributed by atoms with Crippen molar-refractivity contribution in [2.24, 2.45) is 11.8 Å². The van der Waals surface area contributed by atoms with Gasteiger partial charge in [0.05, 0.1) is 10.6 Å². The summed E-state index contributed by atoms with van der Waals surface area (Å²) in [4.78, 5) is 33.1. The second-order valence-corrected chi connectivity index (χ2v) is 9.93. The minimum atomic E-state index is -1.32. The number of alkyl halides is 1. The summed E-state index contributed by atoms with van der Waals surface area (Å²) in [5.74, 6) is -0.0223. The van der Waals surface area contributed by atoms with E-state index in [4.69, 9.17) is 0 Å². The van der Waals surface area contributed by atoms with Crippen molar-refractivity contribution < 1.29 is 14.0 Å². The predicted octanol–water partition coefficient (Wildman–Crippen LogP) is 3.93. The molecule has 3 aliphatic rings. The molecule has 0 spiro atoms. The van der Waals surface area contributed by atoms with Crippen LogP contribution in [0.25, 0.3) is 10.3 Å². The lowest BCUT2D eigenvalue weighted by Crippen LogP contribution is -2.39. The van der Waals surface area contributed by atoms with Gasteiger partial charge in [-0.3, -0.25) is 9.59 Å². The Bertz CT molecular complexity index is 963. The number of halogens is 1. The Morgan fingerprint density at radius 2 is 1.90 bits per heavy atom. The molecule has 5 rings (SSSR count). The summed E-state index contributed by atoms with van der Waals surface area (Å²) in [5.41, 5.74) is 0.593. The smallest absolute Gasteiger partial charge is 0.229 e. The largest absolute Gasteiger partial charge is 0.353 e. The summed E-state index contributed by atoms with van der Waals surface area (Å²) >= 11 is 1.50. The first-order valence-corrected chi connectivity index (χ1v) is 11.3. The van der Waals surface area contributed by atoms with Crippen molar-refractivity contribution in [2.75, 3.05) is 5.32 Å². The lowest BCUT2D eigenvalue weighted by molar-refractivity contribution is -0.124. The van der Waals surface area contributed by atoms with E-state index >= 15 is 0 Å². The van der Waals surface area contributed by atoms with Crippen molar-refractivity contribution in [3.63, 3.8) is 0 Å². The predicted molar refractivity (Wildman–Crippen MR) is 110 cm³/mol. The van der Waals surface area contributed by atoms with Crippen molar-refractivity contribution in [2.45, 2.75) is 69.5 Å². The van der Waals surface area contributed by atoms with Crippen LogP contribution in [-0.4, -0.2) is 33.5 Å². The number of pyridine rings is 1. The number of aromatic nitrogens is 2. The molecule has 0 saturated heterocycles. The van der Waals surface area contributed by atoms with Crippen LogP contribution in [-0.2, 0) is 9.59 Å². The maximum absolute atomic E-state index is 13.7. The van der Waals surface area contributed by atoms with Crippen LogP contribution in [0.2, 0.25) is 0 Å². The maximum Gasteiger partial charge on any atom is 0.229 e. The molecule has 0 bridgehead atoms. The van der Waals surface area contributed by atoms with Crippen LogP contribution in [0.1, 0.15) is 63.4 Å². The van der Waals surface area contributed by atoms with Crippen molar-refractivity contribution in [1.82, 2.24) is 15.3 Å². The monoisotopic (exact) mass is 416 g/mol. The molecule has 2 N–H and O–H groups in total. The van der Waals surface area contributed by atoms with E-state index in [0.29, 0.717) is 23.1 Å². The number of nitrogens with zero attached hydrogens (tertiary/aromatic N) is 2. The van der Waals surface area contributed by atoms with Gasteiger partial charge in [0.2, 0.25) is 11.8 Å². The van der Waals surface area contributed by atoms with Gasteiger partial charge >= 0.3 is 0 Å². The van der Waals surface area contributed by atoms with Crippen LogP contribution in [0.5, 0.6) is 0 Å². The van der Waals surface area contributed by atoms with E-state index in [1.54, 1.807) is 6.20 Å². The fraction of sp³-hybridized carbons (Fsp3) is 0.619. The number of thiazole rings is 1. The Hall–Kier alpha value is -2.09. The minimum Gasteiger partial charge on any atom is -0.353 e. The summed E-state index contributed by atoms with van der Waals surface area (Å²) in [7, 11) is 0. The standard InChI is InChI=1S/C21H25FN4O2S/c1-21(22)10-15(21)19(28)24-13-6-4-11(5-7-13)14-8-9-23-17-16(14)29-20(25-17)26-18(27)12-2-3-12/h8-9,11-13,15H,2-7,10H2,1H3,(H,24,28)(H,23,25,26,27). The molecule has 0 aromatic carbocycles. The van der Waals surface area contributed by atoms with Crippen molar-refractivity contribution in [1.29, 1.82) is 0 Å². The molecular formula is C21H25FN4O2S. The molecule has 0 radical (unpaired) electrons. The summed E-state index contributed by atoms with van der Waals surface area (Å²) in [6, 6.07) is 2.18. The molecule has 2 unspecified atom stereocenters. The molecule has 2 amide bonds. The number of hydrogen-bond donors (Lipinski definition) is 2. The highest BCUT2D eigenvalue weighted by atomic mass is 32.1. The number of amides is 2. The topological polar surface area (TPSA) is 84.0 Å². The Kier molecular flexibility index (Phi) is 4.57. The number of carbonyl (C=O) groups is 2. The first-order valence-electron chi connectivity index (χ1n) is 10.5. The Labute approximate surface area is 172 Å². The third-order valence-electron chi connectivity index (χ3n) is 6.50. The maximum atomic E-state index is 13.7. The lowest BCUT2D eigenvalue weighted by Gasteiger charge is -2.29. The van der Waals surface area contributed by atoms with Gasteiger partial charge in [-0.2, -0.15) is 4.98 Å². The molecular weight excluding hydrogens is 391 g/mol. The Morgan fingerprint density at radius 3 is 2.55 bits per heavy atom. The summed E-state index contributed by atoms with van der Waals surface area (Å²) < 4.78 is 14.8. The van der Waals surface area contributed by atoms with Crippen LogP contribution in [0, 0.1) is 11.8 Å². The van der Waals surface area contributed by atoms with Gasteiger partial charge in [-0.1, -0.05) is 11.3 Å². The first-order chi connectivity index (χ1) is 13.9. The van der Waals surface area contributed by atoms with Crippen molar-refractivity contribution in [3.8, 4) is 0 Å². The highest BCUT2D eigenvalue weighted by molar-refractivity contribution is 7.22. The van der Waals surface area contributed by atoms with Crippen LogP contribution in [0.4, 0.5) is 9.52 Å². The van der Waals surface area contributed by atoms with E-state index in [1.807, 2.05) is 0 Å². The zero-order valence-corrected chi connectivity index (χ0v) is 17.2. The molecule has 2 aromatic rings. The average molecular weight is 417 g/mol. The normalized spacial score (nSPS) is 31.4. The summed E-state index contributed by atoms with van der Waals surface area (Å²) in [5, 5.41) is 6.59. The van der Waals surface area contributed by atoms with E-state index in [9.17, 15) is 14.0 Å². The number of carbonyl (C=O) groups excluding carboxylic acids is 2. The molecule has 6 nitrogen and oxygen atoms in total. The summed E-state index contributed by atoms with van der Waals surface area (Å²) in [6.45, 7) is 1.50. The average Bonchev–Trinajstić information content (AvgIpc) is 3.59. The number of anilines is 1. The molecule has 3 fully saturated rings. The molecule has 2 atom stereocenters. The first kappa shape index (κ1) is 18.9. The SMILES string of the molecule is CC1(F)CC1C(=O)NC1CCC(c2ccnc3nc(NC(=O)C4CC4)sc23)CC1. The van der Waals surface area contributed by atoms with Gasteiger partial charge in [-0.25, -0.2) is 9.37 Å². The number of fused-ring (bicyclic) bond motifs is 1. The fourth-order valence-corrected chi connectivity index (χ4v) is 5.36. The van der Waals surface area contributed by atoms with E-state index in [1.165, 1.54) is 23.8 Å². The van der Waals surface area contributed by atoms with Gasteiger partial charge in [0, 0.05) is 18.2 Å². The van der Waals surface area contributed by atoms with Crippen LogP contribution in [0.15, 0.2) is 12.3 Å². The third-order valence-corrected chi connectivity index (χ3v) is 7.51. The molecule has 2 heterocycles. The van der Waals surface area contributed by atoms with Gasteiger partial charge in [0.15, 0.2) is 10.8 Å². The number of hydrogen-bond acceptors (Lipinski definition) is 5. The van der Waals surface area contributed by atoms with Crippen LogP contribution in [0.3, 0.4) is 0 Å². The summed E-state index contributed by atoms with van der Waals surface area (Å²) in [6.07, 6.45) is 7.75. The van der Waals surface area contributed by atoms with Gasteiger partial charge < -0.3 is 10.6 Å². The van der Waals surface area contributed by atoms with E-state index in [0.717, 1.165) is 43.2 Å². The second kappa shape index (κ2) is 7.00. The third kappa shape index (κ3) is 3.86. The highest BCUT2D eigenvalue weighted by Gasteiger charge is 2.56. The fourth-order valence-electron chi connectivity index (χ4n) is 4.34. The van der Waals surface area contributed by atoms with Crippen LogP contribution < -0.4 is 10.6 Å². The van der Waals surface area contributed by atoms with E-state index in [2.05, 4.69) is 26.7 Å². The molecule has 3 saturated carbocycles. The zero-order chi connectivity index (χ0) is 20.2. The van der Waals surface area contributed by atoms with Crippen LogP contribution >= 0.6 is 11.3 Å². The minimum absolute atomic E-state index is 0.0573. The Balaban J connectivity index is 1.24. The van der Waals surface area contributed by atoms with E-state index < -0.39 is 11.6 Å². The number of rotatable bonds is 5. The number of nitrogens with one attached hydrogen (secondary N) is 2. The van der Waals surface area contributed by atoms with Gasteiger partial charge in [-0.05, 0) is 69.4 Å². The molecule has 3 aliphatic carbocycles. The molecule has 8 heteroatoms. The second-order valence-electron chi connectivity index (χ2n) is 8.93.